The van der Waals surface area contributed by atoms with Gasteiger partial charge in [-0.25, -0.2) is 0 Å². The molecule has 4 atom stereocenters. The monoisotopic (exact) mass is 350 g/mol. The van der Waals surface area contributed by atoms with Crippen LogP contribution in [0.2, 0.25) is 0 Å². The first kappa shape index (κ1) is 17.1. The van der Waals surface area contributed by atoms with Crippen molar-refractivity contribution in [2.24, 2.45) is 28.6 Å². The fourth-order valence-corrected chi connectivity index (χ4v) is 5.31. The Kier molecular flexibility index (Phi) is 5.30. The molecule has 0 unspecified atom stereocenters. The average molecular weight is 351 g/mol. The minimum Gasteiger partial charge on any atom is -0.102 e. The van der Waals surface area contributed by atoms with E-state index in [0.29, 0.717) is 5.41 Å². The van der Waals surface area contributed by atoms with Gasteiger partial charge < -0.3 is 0 Å². The Morgan fingerprint density at radius 3 is 2.71 bits per heavy atom. The third kappa shape index (κ3) is 3.76. The molecule has 0 radical (unpaired) electrons. The van der Waals surface area contributed by atoms with Crippen LogP contribution in [0.1, 0.15) is 73.1 Å². The number of rotatable bonds is 2. The van der Waals surface area contributed by atoms with Crippen LogP contribution in [0, 0.1) is 40.4 Å². The molecule has 0 aliphatic heterocycles. The van der Waals surface area contributed by atoms with Gasteiger partial charge in [0.1, 0.15) is 0 Å². The molecule has 2 aliphatic carbocycles. The zero-order chi connectivity index (χ0) is 15.7. The molecule has 118 valence electrons. The molecular formula is C20H31Br. The fraction of sp³-hybridized carbons (Fsp3) is 0.800. The number of halogens is 1. The molecule has 0 spiro atoms. The minimum atomic E-state index is 0.137. The van der Waals surface area contributed by atoms with Gasteiger partial charge in [-0.05, 0) is 81.0 Å². The molecule has 0 N–H and O–H groups in total. The Labute approximate surface area is 140 Å². The first-order chi connectivity index (χ1) is 9.78. The Hall–Kier alpha value is -0.220. The van der Waals surface area contributed by atoms with E-state index in [0.717, 1.165) is 24.2 Å². The van der Waals surface area contributed by atoms with Crippen LogP contribution in [0.25, 0.3) is 0 Å². The normalized spacial score (nSPS) is 36.0. The molecule has 0 aromatic heterocycles. The van der Waals surface area contributed by atoms with Crippen molar-refractivity contribution in [1.82, 2.24) is 0 Å². The van der Waals surface area contributed by atoms with Gasteiger partial charge in [0.15, 0.2) is 0 Å². The summed E-state index contributed by atoms with van der Waals surface area (Å²) in [6, 6.07) is 0. The molecule has 21 heavy (non-hydrogen) atoms. The lowest BCUT2D eigenvalue weighted by Gasteiger charge is -2.44. The van der Waals surface area contributed by atoms with Gasteiger partial charge in [-0.15, -0.1) is 5.92 Å². The van der Waals surface area contributed by atoms with E-state index in [1.807, 2.05) is 0 Å². The van der Waals surface area contributed by atoms with Crippen LogP contribution < -0.4 is 0 Å². The molecule has 0 aromatic carbocycles. The topological polar surface area (TPSA) is 0 Å². The van der Waals surface area contributed by atoms with Gasteiger partial charge in [0.05, 0.1) is 0 Å². The average Bonchev–Trinajstić information content (AvgIpc) is 2.73. The van der Waals surface area contributed by atoms with Gasteiger partial charge in [-0.3, -0.25) is 0 Å². The summed E-state index contributed by atoms with van der Waals surface area (Å²) in [4.78, 5) is 2.22. The van der Waals surface area contributed by atoms with Crippen molar-refractivity contribution in [2.75, 3.05) is 0 Å². The first-order valence-corrected chi connectivity index (χ1v) is 9.48. The molecular weight excluding hydrogens is 320 g/mol. The molecule has 2 rings (SSSR count). The summed E-state index contributed by atoms with van der Waals surface area (Å²) in [5.74, 6) is 9.26. The second kappa shape index (κ2) is 6.49. The number of hydrogen-bond acceptors (Lipinski definition) is 0. The van der Waals surface area contributed by atoms with E-state index < -0.39 is 0 Å². The Morgan fingerprint density at radius 1 is 1.38 bits per heavy atom. The largest absolute Gasteiger partial charge is 0.102 e. The van der Waals surface area contributed by atoms with Gasteiger partial charge >= 0.3 is 0 Å². The standard InChI is InChI=1S/C20H31Br/c1-15(8-6-12-19(2,3)4)17-10-11-18-16(14-21)9-7-13-20(17,18)5/h14-15,17-18H,7-11,13H2,1-5H3/b16-14+/t15-,17-,18-,20-/m1/s1. The van der Waals surface area contributed by atoms with Crippen molar-refractivity contribution < 1.29 is 0 Å². The van der Waals surface area contributed by atoms with Crippen LogP contribution in [-0.4, -0.2) is 0 Å². The van der Waals surface area contributed by atoms with Crippen molar-refractivity contribution in [3.63, 3.8) is 0 Å². The second-order valence-corrected chi connectivity index (χ2v) is 8.97. The van der Waals surface area contributed by atoms with Crippen LogP contribution in [0.4, 0.5) is 0 Å². The van der Waals surface area contributed by atoms with Crippen molar-refractivity contribution >= 4 is 15.9 Å². The van der Waals surface area contributed by atoms with Crippen molar-refractivity contribution in [3.8, 4) is 11.8 Å². The third-order valence-corrected chi connectivity index (χ3v) is 6.34. The number of fused-ring (bicyclic) bond motifs is 1. The zero-order valence-electron chi connectivity index (χ0n) is 14.4. The summed E-state index contributed by atoms with van der Waals surface area (Å²) in [6.45, 7) is 11.6. The molecule has 2 fully saturated rings. The van der Waals surface area contributed by atoms with Gasteiger partial charge in [-0.1, -0.05) is 41.3 Å². The second-order valence-electron chi connectivity index (χ2n) is 8.51. The lowest BCUT2D eigenvalue weighted by Crippen LogP contribution is -2.35. The Balaban J connectivity index is 2.08. The van der Waals surface area contributed by atoms with Crippen LogP contribution in [0.5, 0.6) is 0 Å². The summed E-state index contributed by atoms with van der Waals surface area (Å²) < 4.78 is 0. The third-order valence-electron chi connectivity index (χ3n) is 5.75. The molecule has 0 heterocycles. The maximum Gasteiger partial charge on any atom is 0.0230 e. The van der Waals surface area contributed by atoms with Crippen molar-refractivity contribution in [3.05, 3.63) is 10.6 Å². The fourth-order valence-electron chi connectivity index (χ4n) is 4.76. The molecule has 0 saturated heterocycles. The minimum absolute atomic E-state index is 0.137. The lowest BCUT2D eigenvalue weighted by molar-refractivity contribution is 0.0994. The predicted molar refractivity (Wildman–Crippen MR) is 96.2 cm³/mol. The molecule has 2 saturated carbocycles. The van der Waals surface area contributed by atoms with Crippen LogP contribution >= 0.6 is 15.9 Å². The van der Waals surface area contributed by atoms with Gasteiger partial charge in [0, 0.05) is 11.8 Å². The highest BCUT2D eigenvalue weighted by atomic mass is 79.9. The SMILES string of the molecule is C[C@H](CC#CC(C)(C)C)[C@H]1CC[C@@H]2/C(=C/Br)CCC[C@@]21C. The van der Waals surface area contributed by atoms with Gasteiger partial charge in [-0.2, -0.15) is 0 Å². The molecule has 1 heteroatoms. The van der Waals surface area contributed by atoms with E-state index >= 15 is 0 Å². The van der Waals surface area contributed by atoms with E-state index in [4.69, 9.17) is 0 Å². The Bertz CT molecular complexity index is 456. The predicted octanol–water partition coefficient (Wildman–Crippen LogP) is 6.56. The maximum absolute atomic E-state index is 3.61. The Morgan fingerprint density at radius 2 is 2.10 bits per heavy atom. The van der Waals surface area contributed by atoms with E-state index in [1.165, 1.54) is 32.1 Å². The summed E-state index contributed by atoms with van der Waals surface area (Å²) >= 11 is 3.61. The lowest BCUT2D eigenvalue weighted by atomic mass is 9.61. The van der Waals surface area contributed by atoms with E-state index in [9.17, 15) is 0 Å². The maximum atomic E-state index is 3.61. The van der Waals surface area contributed by atoms with Gasteiger partial charge in [0.25, 0.3) is 0 Å². The number of hydrogen-bond donors (Lipinski definition) is 0. The molecule has 2 aliphatic rings. The number of allylic oxidation sites excluding steroid dienone is 1. The molecule has 0 bridgehead atoms. The summed E-state index contributed by atoms with van der Waals surface area (Å²) in [6.07, 6.45) is 7.92. The first-order valence-electron chi connectivity index (χ1n) is 8.57. The van der Waals surface area contributed by atoms with Crippen molar-refractivity contribution in [2.45, 2.75) is 73.1 Å². The highest BCUT2D eigenvalue weighted by Gasteiger charge is 2.50. The van der Waals surface area contributed by atoms with Crippen LogP contribution in [-0.2, 0) is 0 Å². The summed E-state index contributed by atoms with van der Waals surface area (Å²) in [7, 11) is 0. The molecule has 0 nitrogen and oxygen atoms in total. The van der Waals surface area contributed by atoms with E-state index in [-0.39, 0.29) is 5.41 Å². The van der Waals surface area contributed by atoms with Gasteiger partial charge in [0.2, 0.25) is 0 Å². The van der Waals surface area contributed by atoms with Crippen molar-refractivity contribution in [1.29, 1.82) is 0 Å². The highest BCUT2D eigenvalue weighted by molar-refractivity contribution is 9.11. The van der Waals surface area contributed by atoms with E-state index in [1.54, 1.807) is 5.57 Å². The van der Waals surface area contributed by atoms with Crippen LogP contribution in [0.15, 0.2) is 10.6 Å². The molecule has 0 aromatic rings. The zero-order valence-corrected chi connectivity index (χ0v) is 16.0. The summed E-state index contributed by atoms with van der Waals surface area (Å²) in [5.41, 5.74) is 2.32. The molecule has 0 amide bonds. The quantitative estimate of drug-likeness (QED) is 0.494. The smallest absolute Gasteiger partial charge is 0.0230 e. The van der Waals surface area contributed by atoms with Crippen LogP contribution in [0.3, 0.4) is 0 Å². The van der Waals surface area contributed by atoms with E-state index in [2.05, 4.69) is 67.4 Å². The highest BCUT2D eigenvalue weighted by Crippen LogP contribution is 2.59. The summed E-state index contributed by atoms with van der Waals surface area (Å²) in [5, 5.41) is 0.